The average molecular weight is 356 g/mol. The van der Waals surface area contributed by atoms with Gasteiger partial charge < -0.3 is 0 Å². The van der Waals surface area contributed by atoms with Crippen molar-refractivity contribution in [2.75, 3.05) is 0 Å². The van der Waals surface area contributed by atoms with E-state index in [4.69, 9.17) is 0 Å². The van der Waals surface area contributed by atoms with Crippen LogP contribution in [-0.4, -0.2) is 4.68 Å². The highest BCUT2D eigenvalue weighted by Gasteiger charge is 2.58. The van der Waals surface area contributed by atoms with E-state index >= 15 is 4.39 Å². The van der Waals surface area contributed by atoms with Crippen molar-refractivity contribution in [2.24, 2.45) is 7.05 Å². The molecule has 3 heteroatoms. The fraction of sp³-hybridized carbons (Fsp3) is 0.609. The van der Waals surface area contributed by atoms with Crippen LogP contribution in [-0.2, 0) is 30.8 Å². The van der Waals surface area contributed by atoms with E-state index < -0.39 is 0 Å². The lowest BCUT2D eigenvalue weighted by Gasteiger charge is -2.51. The number of aryl methyl sites for hydroxylation is 3. The minimum Gasteiger partial charge on any atom is -0.207 e. The minimum atomic E-state index is -0.210. The molecule has 1 aliphatic carbocycles. The number of hydrogen-bond acceptors (Lipinski definition) is 0. The van der Waals surface area contributed by atoms with Gasteiger partial charge in [0, 0.05) is 22.1 Å². The topological polar surface area (TPSA) is 8.81 Å². The Morgan fingerprint density at radius 3 is 2.50 bits per heavy atom. The molecule has 2 nitrogen and oxygen atoms in total. The smallest absolute Gasteiger partial charge is 0.199 e. The van der Waals surface area contributed by atoms with Crippen molar-refractivity contribution in [1.82, 2.24) is 4.68 Å². The van der Waals surface area contributed by atoms with Gasteiger partial charge in [-0.15, -0.1) is 9.36 Å². The van der Waals surface area contributed by atoms with E-state index in [0.717, 1.165) is 50.5 Å². The van der Waals surface area contributed by atoms with E-state index in [1.807, 2.05) is 6.07 Å². The van der Waals surface area contributed by atoms with Crippen LogP contribution in [0.4, 0.5) is 4.39 Å². The molecule has 0 fully saturated rings. The third-order valence-corrected chi connectivity index (χ3v) is 7.48. The number of halogens is 1. The van der Waals surface area contributed by atoms with Crippen LogP contribution in [0.2, 0.25) is 0 Å². The number of nitrogens with zero attached hydrogens (tertiary/aromatic N) is 2. The van der Waals surface area contributed by atoms with Crippen LogP contribution in [0.5, 0.6) is 0 Å². The Bertz CT molecular complexity index is 866. The van der Waals surface area contributed by atoms with Crippen molar-refractivity contribution >= 4 is 0 Å². The normalized spacial score (nSPS) is 26.5. The minimum absolute atomic E-state index is 0.00928. The molecule has 2 unspecified atom stereocenters. The second-order valence-electron chi connectivity index (χ2n) is 8.52. The monoisotopic (exact) mass is 355 g/mol. The Labute approximate surface area is 157 Å². The lowest BCUT2D eigenvalue weighted by atomic mass is 9.58. The number of benzene rings is 1. The lowest BCUT2D eigenvalue weighted by Crippen LogP contribution is -2.61. The molecular formula is C23H32FN2+. The molecule has 1 aromatic carbocycles. The molecule has 0 N–H and O–H groups in total. The maximum atomic E-state index is 15.4. The Hall–Kier alpha value is -1.64. The average Bonchev–Trinajstić information content (AvgIpc) is 2.85. The quantitative estimate of drug-likeness (QED) is 0.667. The van der Waals surface area contributed by atoms with Crippen molar-refractivity contribution in [3.63, 3.8) is 0 Å². The third kappa shape index (κ3) is 1.95. The van der Waals surface area contributed by atoms with Gasteiger partial charge in [-0.2, -0.15) is 0 Å². The summed E-state index contributed by atoms with van der Waals surface area (Å²) in [7, 11) is 2.18. The molecule has 2 heterocycles. The van der Waals surface area contributed by atoms with Crippen molar-refractivity contribution in [1.29, 1.82) is 0 Å². The molecule has 140 valence electrons. The van der Waals surface area contributed by atoms with E-state index in [0.29, 0.717) is 0 Å². The van der Waals surface area contributed by atoms with Gasteiger partial charge in [-0.25, -0.2) is 4.39 Å². The van der Waals surface area contributed by atoms with E-state index in [2.05, 4.69) is 50.3 Å². The third-order valence-electron chi connectivity index (χ3n) is 7.48. The zero-order valence-electron chi connectivity index (χ0n) is 17.0. The molecule has 2 atom stereocenters. The van der Waals surface area contributed by atoms with Gasteiger partial charge in [0.15, 0.2) is 13.2 Å². The molecule has 0 bridgehead atoms. The van der Waals surface area contributed by atoms with Crippen LogP contribution in [0.15, 0.2) is 18.3 Å². The van der Waals surface area contributed by atoms with Crippen LogP contribution >= 0.6 is 0 Å². The number of aromatic nitrogens is 2. The second kappa shape index (κ2) is 5.94. The number of rotatable bonds is 4. The van der Waals surface area contributed by atoms with Gasteiger partial charge in [-0.3, -0.25) is 0 Å². The second-order valence-corrected chi connectivity index (χ2v) is 8.52. The van der Waals surface area contributed by atoms with Crippen LogP contribution < -0.4 is 4.68 Å². The van der Waals surface area contributed by atoms with Gasteiger partial charge in [0.1, 0.15) is 17.1 Å². The molecular weight excluding hydrogens is 323 g/mol. The summed E-state index contributed by atoms with van der Waals surface area (Å²) in [6.45, 7) is 9.11. The SMILES string of the molecule is CCCC1(CC)n2c3c(c[n+]2C)CCCc2ccc(F)c(c2-3)C1(C)CC. The Morgan fingerprint density at radius 2 is 1.85 bits per heavy atom. The molecule has 4 rings (SSSR count). The fourth-order valence-corrected chi connectivity index (χ4v) is 6.20. The van der Waals surface area contributed by atoms with E-state index in [-0.39, 0.29) is 16.8 Å². The summed E-state index contributed by atoms with van der Waals surface area (Å²) in [4.78, 5) is 0. The molecule has 0 saturated carbocycles. The summed E-state index contributed by atoms with van der Waals surface area (Å²) in [6.07, 6.45) is 9.73. The highest BCUT2D eigenvalue weighted by atomic mass is 19.1. The van der Waals surface area contributed by atoms with Crippen LogP contribution in [0.1, 0.15) is 76.5 Å². The first-order valence-corrected chi connectivity index (χ1v) is 10.4. The molecule has 0 saturated heterocycles. The Balaban J connectivity index is 2.22. The number of hydrogen-bond donors (Lipinski definition) is 0. The predicted molar refractivity (Wildman–Crippen MR) is 104 cm³/mol. The summed E-state index contributed by atoms with van der Waals surface area (Å²) in [5.41, 5.74) is 5.93. The molecule has 2 aromatic rings. The zero-order chi connectivity index (χ0) is 18.7. The van der Waals surface area contributed by atoms with Crippen LogP contribution in [0.25, 0.3) is 11.3 Å². The highest BCUT2D eigenvalue weighted by Crippen LogP contribution is 2.57. The summed E-state index contributed by atoms with van der Waals surface area (Å²) in [5.74, 6) is -0.00928. The van der Waals surface area contributed by atoms with Gasteiger partial charge in [-0.05, 0) is 50.2 Å². The first kappa shape index (κ1) is 17.8. The molecule has 26 heavy (non-hydrogen) atoms. The van der Waals surface area contributed by atoms with Gasteiger partial charge >= 0.3 is 0 Å². The van der Waals surface area contributed by atoms with Crippen LogP contribution in [0, 0.1) is 5.82 Å². The molecule has 0 spiro atoms. The molecule has 0 radical (unpaired) electrons. The molecule has 1 aromatic heterocycles. The summed E-state index contributed by atoms with van der Waals surface area (Å²) < 4.78 is 20.3. The van der Waals surface area contributed by atoms with Gasteiger partial charge in [0.05, 0.1) is 0 Å². The predicted octanol–water partition coefficient (Wildman–Crippen LogP) is 5.19. The van der Waals surface area contributed by atoms with Crippen LogP contribution in [0.3, 0.4) is 0 Å². The maximum absolute atomic E-state index is 15.4. The summed E-state index contributed by atoms with van der Waals surface area (Å²) >= 11 is 0. The largest absolute Gasteiger partial charge is 0.207 e. The van der Waals surface area contributed by atoms with Gasteiger partial charge in [0.25, 0.3) is 0 Å². The fourth-order valence-electron chi connectivity index (χ4n) is 6.20. The van der Waals surface area contributed by atoms with Gasteiger partial charge in [0.2, 0.25) is 0 Å². The Kier molecular flexibility index (Phi) is 4.05. The van der Waals surface area contributed by atoms with E-state index in [1.165, 1.54) is 22.4 Å². The standard InChI is InChI=1S/C23H32FN2/c1-6-14-23(8-3)22(4,7-2)20-18(24)13-12-16-10-9-11-17-15-25(5)26(23)21(17)19(16)20/h12-13,15H,6-11,14H2,1-5H3/q+1. The first-order valence-electron chi connectivity index (χ1n) is 10.4. The summed E-state index contributed by atoms with van der Waals surface area (Å²) in [6, 6.07) is 3.77. The van der Waals surface area contributed by atoms with Gasteiger partial charge in [-0.1, -0.05) is 40.2 Å². The van der Waals surface area contributed by atoms with Crippen molar-refractivity contribution in [2.45, 2.75) is 83.6 Å². The Morgan fingerprint density at radius 1 is 1.12 bits per heavy atom. The maximum Gasteiger partial charge on any atom is 0.199 e. The molecule has 2 aliphatic rings. The van der Waals surface area contributed by atoms with E-state index in [1.54, 1.807) is 6.07 Å². The van der Waals surface area contributed by atoms with Crippen molar-refractivity contribution in [3.05, 3.63) is 40.8 Å². The van der Waals surface area contributed by atoms with Crippen molar-refractivity contribution < 1.29 is 9.07 Å². The summed E-state index contributed by atoms with van der Waals surface area (Å²) in [5, 5.41) is 0. The molecule has 1 aliphatic heterocycles. The first-order chi connectivity index (χ1) is 12.4. The highest BCUT2D eigenvalue weighted by molar-refractivity contribution is 5.76. The zero-order valence-corrected chi connectivity index (χ0v) is 17.0. The molecule has 0 amide bonds. The lowest BCUT2D eigenvalue weighted by molar-refractivity contribution is -0.762. The van der Waals surface area contributed by atoms with Crippen molar-refractivity contribution in [3.8, 4) is 11.3 Å². The van der Waals surface area contributed by atoms with E-state index in [9.17, 15) is 0 Å².